The number of furan rings is 2. The third-order valence-corrected chi connectivity index (χ3v) is 19.4. The van der Waals surface area contributed by atoms with Gasteiger partial charge in [0.25, 0.3) is 6.71 Å². The molecule has 14 rings (SSSR count). The van der Waals surface area contributed by atoms with Crippen LogP contribution in [-0.4, -0.2) is 14.8 Å². The van der Waals surface area contributed by atoms with Gasteiger partial charge in [-0.2, -0.15) is 0 Å². The van der Waals surface area contributed by atoms with Crippen LogP contribution in [-0.2, 0) is 10.8 Å². The molecule has 0 radical (unpaired) electrons. The number of fused-ring (bicyclic) bond motifs is 6. The van der Waals surface area contributed by atoms with E-state index in [1.54, 1.807) is 0 Å². The van der Waals surface area contributed by atoms with Crippen LogP contribution in [0.5, 0.6) is 0 Å². The van der Waals surface area contributed by atoms with Gasteiger partial charge >= 0.3 is 0 Å². The van der Waals surface area contributed by atoms with E-state index >= 15 is 0 Å². The van der Waals surface area contributed by atoms with Gasteiger partial charge in [-0.05, 0) is 87.9 Å². The van der Waals surface area contributed by atoms with Gasteiger partial charge in [-0.25, -0.2) is 0 Å². The Morgan fingerprint density at radius 3 is 1.18 bits per heavy atom. The zero-order valence-electron chi connectivity index (χ0n) is 41.6. The van der Waals surface area contributed by atoms with Gasteiger partial charge in [0.1, 0.15) is 19.2 Å². The Bertz CT molecular complexity index is 3770. The lowest BCUT2D eigenvalue weighted by Crippen LogP contribution is -2.79. The van der Waals surface area contributed by atoms with E-state index in [9.17, 15) is 0 Å². The monoisotopic (exact) mass is 935 g/mol. The maximum absolute atomic E-state index is 7.31. The summed E-state index contributed by atoms with van der Waals surface area (Å²) in [6, 6.07) is 67.5. The first kappa shape index (κ1) is 42.2. The van der Waals surface area contributed by atoms with Gasteiger partial charge in [0.2, 0.25) is 0 Å². The largest absolute Gasteiger partial charge is 0.454 e. The van der Waals surface area contributed by atoms with Crippen LogP contribution in [0.3, 0.4) is 0 Å². The molecule has 9 aromatic carbocycles. The SMILES string of the molecule is CC(C)(C)c1cccc2c1oc1c(N3c4cc(N(c5ccccc5)c5ccccc5)cc5c4B4c6c3cccc6[Si](C)(C)c3cccc(c34)N5c3cccc4c3oc3c(C(C)(C)C)cccc34)cccc12. The van der Waals surface area contributed by atoms with Gasteiger partial charge in [0, 0.05) is 66.8 Å². The smallest absolute Gasteiger partial charge is 0.251 e. The maximum Gasteiger partial charge on any atom is 0.251 e. The van der Waals surface area contributed by atoms with Crippen molar-refractivity contribution in [1.29, 1.82) is 0 Å². The summed E-state index contributed by atoms with van der Waals surface area (Å²) >= 11 is 0. The Morgan fingerprint density at radius 1 is 0.380 bits per heavy atom. The lowest BCUT2D eigenvalue weighted by atomic mass is 9.33. The number of para-hydroxylation sites is 6. The molecule has 0 saturated carbocycles. The van der Waals surface area contributed by atoms with Crippen molar-refractivity contribution < 1.29 is 8.83 Å². The quantitative estimate of drug-likeness (QED) is 0.161. The van der Waals surface area contributed by atoms with Crippen LogP contribution in [0.1, 0.15) is 52.7 Å². The van der Waals surface area contributed by atoms with E-state index in [0.717, 1.165) is 83.7 Å². The third kappa shape index (κ3) is 5.87. The van der Waals surface area contributed by atoms with Crippen LogP contribution in [0.15, 0.2) is 191 Å². The number of benzene rings is 9. The zero-order valence-corrected chi connectivity index (χ0v) is 42.6. The number of nitrogens with zero attached hydrogens (tertiary/aromatic N) is 3. The summed E-state index contributed by atoms with van der Waals surface area (Å²) in [6.45, 7) is 18.8. The normalized spacial score (nSPS) is 14.5. The molecule has 2 aromatic heterocycles. The highest BCUT2D eigenvalue weighted by Crippen LogP contribution is 2.52. The number of anilines is 9. The van der Waals surface area contributed by atoms with E-state index in [4.69, 9.17) is 8.83 Å². The number of hydrogen-bond donors (Lipinski definition) is 0. The van der Waals surface area contributed by atoms with Crippen LogP contribution in [0.2, 0.25) is 13.1 Å². The van der Waals surface area contributed by atoms with Crippen molar-refractivity contribution in [1.82, 2.24) is 0 Å². The minimum absolute atomic E-state index is 0.00823. The summed E-state index contributed by atoms with van der Waals surface area (Å²) in [5.74, 6) is 0. The highest BCUT2D eigenvalue weighted by Gasteiger charge is 2.52. The summed E-state index contributed by atoms with van der Waals surface area (Å²) in [7, 11) is -2.31. The van der Waals surface area contributed by atoms with Gasteiger partial charge in [0.15, 0.2) is 11.2 Å². The fourth-order valence-electron chi connectivity index (χ4n) is 12.7. The van der Waals surface area contributed by atoms with E-state index in [1.165, 1.54) is 49.3 Å². The Balaban J connectivity index is 1.15. The molecular weight excluding hydrogens is 882 g/mol. The molecule has 5 nitrogen and oxygen atoms in total. The van der Waals surface area contributed by atoms with Gasteiger partial charge < -0.3 is 23.5 Å². The standard InChI is InChI=1S/C64H54BN3O2Si/c1-63(2,3)46-29-15-25-42-44-27-17-33-50(61(44)69-59(42)46)67-48-31-19-35-54-57(48)65-56-52(67)37-41(66(39-21-11-9-12-22-39)40-23-13-10-14-24-40)38-53(56)68(49-32-20-36-55(58(49)65)71(54,7)8)51-34-18-28-45-43-26-16-30-47(64(4,5)6)60(43)70-62(45)51/h9-38H,1-8H3. The molecule has 0 amide bonds. The molecule has 0 fully saturated rings. The number of rotatable bonds is 5. The van der Waals surface area contributed by atoms with E-state index in [0.29, 0.717) is 0 Å². The molecule has 0 atom stereocenters. The molecule has 344 valence electrons. The summed E-state index contributed by atoms with van der Waals surface area (Å²) in [4.78, 5) is 7.54. The minimum atomic E-state index is -2.31. The molecule has 0 N–H and O–H groups in total. The molecule has 0 spiro atoms. The van der Waals surface area contributed by atoms with Gasteiger partial charge in [-0.1, -0.05) is 186 Å². The molecule has 71 heavy (non-hydrogen) atoms. The molecule has 5 heterocycles. The van der Waals surface area contributed by atoms with Gasteiger partial charge in [0.05, 0.1) is 17.1 Å². The lowest BCUT2D eigenvalue weighted by molar-refractivity contribution is 0.572. The van der Waals surface area contributed by atoms with Crippen LogP contribution < -0.4 is 41.5 Å². The summed E-state index contributed by atoms with van der Waals surface area (Å²) in [5, 5.41) is 7.49. The molecule has 0 unspecified atom stereocenters. The van der Waals surface area contributed by atoms with Crippen LogP contribution in [0.25, 0.3) is 43.9 Å². The molecule has 0 saturated heterocycles. The lowest BCUT2D eigenvalue weighted by Gasteiger charge is -2.50. The maximum atomic E-state index is 7.31. The topological polar surface area (TPSA) is 36.0 Å². The molecule has 7 heteroatoms. The Morgan fingerprint density at radius 2 is 0.761 bits per heavy atom. The Hall–Kier alpha value is -7.74. The second kappa shape index (κ2) is 14.7. The van der Waals surface area contributed by atoms with Crippen molar-refractivity contribution in [2.75, 3.05) is 14.7 Å². The van der Waals surface area contributed by atoms with E-state index < -0.39 is 8.07 Å². The second-order valence-electron chi connectivity index (χ2n) is 22.5. The predicted octanol–water partition coefficient (Wildman–Crippen LogP) is 14.8. The van der Waals surface area contributed by atoms with E-state index in [2.05, 4.69) is 251 Å². The second-order valence-corrected chi connectivity index (χ2v) is 26.8. The molecule has 0 bridgehead atoms. The van der Waals surface area contributed by atoms with Crippen molar-refractivity contribution in [2.24, 2.45) is 0 Å². The first-order valence-electron chi connectivity index (χ1n) is 25.1. The summed E-state index contributed by atoms with van der Waals surface area (Å²) in [5.41, 5.74) is 19.9. The molecule has 3 aliphatic heterocycles. The molecule has 11 aromatic rings. The van der Waals surface area contributed by atoms with Crippen LogP contribution in [0, 0.1) is 0 Å². The first-order chi connectivity index (χ1) is 34.3. The Labute approximate surface area is 416 Å². The highest BCUT2D eigenvalue weighted by molar-refractivity contribution is 7.16. The first-order valence-corrected chi connectivity index (χ1v) is 28.1. The fraction of sp³-hybridized carbons (Fsp3) is 0.156. The van der Waals surface area contributed by atoms with Gasteiger partial charge in [-0.15, -0.1) is 0 Å². The van der Waals surface area contributed by atoms with Crippen molar-refractivity contribution in [3.8, 4) is 0 Å². The molecular formula is C64H54BN3O2Si. The van der Waals surface area contributed by atoms with Crippen molar-refractivity contribution in [3.05, 3.63) is 193 Å². The number of hydrogen-bond acceptors (Lipinski definition) is 5. The average molecular weight is 936 g/mol. The van der Waals surface area contributed by atoms with E-state index in [1.807, 2.05) is 0 Å². The Kier molecular flexibility index (Phi) is 8.71. The molecule has 0 aliphatic carbocycles. The van der Waals surface area contributed by atoms with Crippen LogP contribution >= 0.6 is 0 Å². The van der Waals surface area contributed by atoms with Crippen molar-refractivity contribution >= 4 is 137 Å². The third-order valence-electron chi connectivity index (χ3n) is 15.9. The van der Waals surface area contributed by atoms with Crippen LogP contribution in [0.4, 0.5) is 51.2 Å². The zero-order chi connectivity index (χ0) is 48.3. The van der Waals surface area contributed by atoms with Gasteiger partial charge in [-0.3, -0.25) is 0 Å². The summed E-state index contributed by atoms with van der Waals surface area (Å²) in [6.07, 6.45) is 0. The minimum Gasteiger partial charge on any atom is -0.454 e. The summed E-state index contributed by atoms with van der Waals surface area (Å²) < 4.78 is 14.6. The highest BCUT2D eigenvalue weighted by atomic mass is 28.3. The average Bonchev–Trinajstić information content (AvgIpc) is 3.95. The van der Waals surface area contributed by atoms with Crippen molar-refractivity contribution in [3.63, 3.8) is 0 Å². The molecule has 3 aliphatic rings. The fourth-order valence-corrected chi connectivity index (χ4v) is 15.9. The van der Waals surface area contributed by atoms with E-state index in [-0.39, 0.29) is 17.5 Å². The predicted molar refractivity (Wildman–Crippen MR) is 304 cm³/mol. The van der Waals surface area contributed by atoms with Crippen molar-refractivity contribution in [2.45, 2.75) is 65.5 Å².